The third kappa shape index (κ3) is 9.12. The molecule has 1 aromatic rings. The van der Waals surface area contributed by atoms with Crippen molar-refractivity contribution in [1.29, 1.82) is 0 Å². The Morgan fingerprint density at radius 2 is 1.66 bits per heavy atom. The number of aromatic amines is 1. The van der Waals surface area contributed by atoms with Gasteiger partial charge >= 0.3 is 5.97 Å². The molecular formula is C19H31N7O6. The van der Waals surface area contributed by atoms with Crippen LogP contribution in [0.3, 0.4) is 0 Å². The summed E-state index contributed by atoms with van der Waals surface area (Å²) in [6.07, 6.45) is 2.57. The molecule has 4 amide bonds. The molecule has 4 unspecified atom stereocenters. The lowest BCUT2D eigenvalue weighted by atomic mass is 10.0. The van der Waals surface area contributed by atoms with Crippen LogP contribution < -0.4 is 27.4 Å². The minimum atomic E-state index is -1.56. The summed E-state index contributed by atoms with van der Waals surface area (Å²) >= 11 is 0. The van der Waals surface area contributed by atoms with E-state index in [9.17, 15) is 29.1 Å². The molecule has 4 atom stereocenters. The maximum Gasteiger partial charge on any atom is 0.326 e. The van der Waals surface area contributed by atoms with Crippen LogP contribution in [0.15, 0.2) is 12.5 Å². The quantitative estimate of drug-likeness (QED) is 0.172. The Balaban J connectivity index is 2.88. The number of imidazole rings is 1. The van der Waals surface area contributed by atoms with Crippen LogP contribution in [-0.4, -0.2) is 68.8 Å². The number of hydrogen-bond acceptors (Lipinski definition) is 7. The van der Waals surface area contributed by atoms with Gasteiger partial charge in [0.1, 0.15) is 18.1 Å². The average molecular weight is 454 g/mol. The van der Waals surface area contributed by atoms with E-state index >= 15 is 0 Å². The number of hydrogen-bond donors (Lipinski definition) is 7. The number of carboxylic acid groups (broad SMARTS) is 1. The SMILES string of the molecule is CC(C)CC(N)C(=O)NC(C)C(=O)NC(Cc1cnc[nH]1)C(=O)NC(CC(N)=O)C(=O)O. The van der Waals surface area contributed by atoms with Gasteiger partial charge in [-0.15, -0.1) is 0 Å². The standard InChI is InChI=1S/C19H31N7O6/c1-9(2)4-12(20)17(29)24-10(3)16(28)25-13(5-11-7-22-8-23-11)18(30)26-14(19(31)32)6-15(21)27/h7-10,12-14H,4-6,20H2,1-3H3,(H2,21,27)(H,22,23)(H,24,29)(H,25,28)(H,26,30)(H,31,32). The summed E-state index contributed by atoms with van der Waals surface area (Å²) in [7, 11) is 0. The number of nitrogens with zero attached hydrogens (tertiary/aromatic N) is 1. The first-order valence-corrected chi connectivity index (χ1v) is 10.1. The molecule has 9 N–H and O–H groups in total. The van der Waals surface area contributed by atoms with E-state index in [-0.39, 0.29) is 12.3 Å². The lowest BCUT2D eigenvalue weighted by Crippen LogP contribution is -2.57. The predicted molar refractivity (Wildman–Crippen MR) is 113 cm³/mol. The van der Waals surface area contributed by atoms with Gasteiger partial charge in [-0.3, -0.25) is 19.2 Å². The highest BCUT2D eigenvalue weighted by atomic mass is 16.4. The molecule has 13 nitrogen and oxygen atoms in total. The van der Waals surface area contributed by atoms with Crippen molar-refractivity contribution in [3.63, 3.8) is 0 Å². The number of primary amides is 1. The largest absolute Gasteiger partial charge is 0.480 e. The van der Waals surface area contributed by atoms with Gasteiger partial charge in [-0.05, 0) is 19.3 Å². The number of aromatic nitrogens is 2. The first-order chi connectivity index (χ1) is 14.9. The van der Waals surface area contributed by atoms with Crippen LogP contribution in [0.5, 0.6) is 0 Å². The summed E-state index contributed by atoms with van der Waals surface area (Å²) in [6.45, 7) is 5.24. The zero-order valence-electron chi connectivity index (χ0n) is 18.3. The first kappa shape index (κ1) is 26.6. The van der Waals surface area contributed by atoms with Crippen LogP contribution in [0.1, 0.15) is 39.3 Å². The Kier molecular flexibility index (Phi) is 10.3. The van der Waals surface area contributed by atoms with Gasteiger partial charge in [0, 0.05) is 18.3 Å². The number of carbonyl (C=O) groups is 5. The van der Waals surface area contributed by atoms with Gasteiger partial charge in [0.2, 0.25) is 23.6 Å². The summed E-state index contributed by atoms with van der Waals surface area (Å²) < 4.78 is 0. The normalized spacial score (nSPS) is 14.7. The number of aliphatic carboxylic acids is 1. The third-order valence-electron chi connectivity index (χ3n) is 4.45. The number of rotatable bonds is 13. The molecular weight excluding hydrogens is 422 g/mol. The van der Waals surface area contributed by atoms with Crippen molar-refractivity contribution in [2.75, 3.05) is 0 Å². The fraction of sp³-hybridized carbons (Fsp3) is 0.579. The second-order valence-electron chi connectivity index (χ2n) is 7.88. The summed E-state index contributed by atoms with van der Waals surface area (Å²) in [5.41, 5.74) is 11.3. The topological polar surface area (TPSA) is 222 Å². The van der Waals surface area contributed by atoms with Gasteiger partial charge in [-0.2, -0.15) is 0 Å². The molecule has 0 aliphatic heterocycles. The highest BCUT2D eigenvalue weighted by Crippen LogP contribution is 2.04. The monoisotopic (exact) mass is 453 g/mol. The molecule has 0 saturated heterocycles. The van der Waals surface area contributed by atoms with Crippen molar-refractivity contribution >= 4 is 29.6 Å². The Hall–Kier alpha value is -3.48. The van der Waals surface area contributed by atoms with Gasteiger partial charge in [-0.1, -0.05) is 13.8 Å². The van der Waals surface area contributed by atoms with Crippen LogP contribution in [-0.2, 0) is 30.4 Å². The highest BCUT2D eigenvalue weighted by Gasteiger charge is 2.30. The Morgan fingerprint density at radius 3 is 2.16 bits per heavy atom. The maximum absolute atomic E-state index is 12.7. The third-order valence-corrected chi connectivity index (χ3v) is 4.45. The molecule has 0 saturated carbocycles. The summed E-state index contributed by atoms with van der Waals surface area (Å²) in [4.78, 5) is 66.5. The average Bonchev–Trinajstić information content (AvgIpc) is 3.18. The van der Waals surface area contributed by atoms with Crippen LogP contribution >= 0.6 is 0 Å². The van der Waals surface area contributed by atoms with Gasteiger partial charge in [0.25, 0.3) is 0 Å². The van der Waals surface area contributed by atoms with E-state index < -0.39 is 60.2 Å². The second-order valence-corrected chi connectivity index (χ2v) is 7.88. The molecule has 32 heavy (non-hydrogen) atoms. The van der Waals surface area contributed by atoms with Gasteiger partial charge in [0.15, 0.2) is 0 Å². The molecule has 0 aliphatic carbocycles. The zero-order chi connectivity index (χ0) is 24.4. The van der Waals surface area contributed by atoms with E-state index in [0.717, 1.165) is 0 Å². The number of carboxylic acids is 1. The van der Waals surface area contributed by atoms with Crippen molar-refractivity contribution in [2.45, 2.75) is 64.2 Å². The van der Waals surface area contributed by atoms with E-state index in [1.165, 1.54) is 19.4 Å². The first-order valence-electron chi connectivity index (χ1n) is 10.1. The maximum atomic E-state index is 12.7. The molecule has 0 aromatic carbocycles. The second kappa shape index (κ2) is 12.4. The van der Waals surface area contributed by atoms with E-state index in [2.05, 4.69) is 25.9 Å². The lowest BCUT2D eigenvalue weighted by Gasteiger charge is -2.23. The smallest absolute Gasteiger partial charge is 0.326 e. The summed E-state index contributed by atoms with van der Waals surface area (Å²) in [5, 5.41) is 16.4. The molecule has 1 heterocycles. The summed E-state index contributed by atoms with van der Waals surface area (Å²) in [5.74, 6) is -4.23. The van der Waals surface area contributed by atoms with E-state index in [0.29, 0.717) is 12.1 Å². The highest BCUT2D eigenvalue weighted by molar-refractivity contribution is 5.94. The molecule has 13 heteroatoms. The predicted octanol–water partition coefficient (Wildman–Crippen LogP) is -2.24. The molecule has 1 rings (SSSR count). The summed E-state index contributed by atoms with van der Waals surface area (Å²) in [6, 6.07) is -4.59. The van der Waals surface area contributed by atoms with Gasteiger partial charge in [0.05, 0.1) is 18.8 Å². The Bertz CT molecular complexity index is 811. The van der Waals surface area contributed by atoms with E-state index in [1.807, 2.05) is 13.8 Å². The molecule has 0 radical (unpaired) electrons. The number of nitrogens with one attached hydrogen (secondary N) is 4. The van der Waals surface area contributed by atoms with Crippen LogP contribution in [0, 0.1) is 5.92 Å². The van der Waals surface area contributed by atoms with Crippen LogP contribution in [0.25, 0.3) is 0 Å². The minimum absolute atomic E-state index is 0.0476. The Labute approximate surface area is 185 Å². The molecule has 1 aromatic heterocycles. The zero-order valence-corrected chi connectivity index (χ0v) is 18.3. The van der Waals surface area contributed by atoms with Crippen molar-refractivity contribution < 1.29 is 29.1 Å². The van der Waals surface area contributed by atoms with Gasteiger partial charge < -0.3 is 37.5 Å². The van der Waals surface area contributed by atoms with E-state index in [4.69, 9.17) is 11.5 Å². The number of H-pyrrole nitrogens is 1. The molecule has 178 valence electrons. The fourth-order valence-corrected chi connectivity index (χ4v) is 2.80. The van der Waals surface area contributed by atoms with Crippen LogP contribution in [0.4, 0.5) is 0 Å². The number of carbonyl (C=O) groups excluding carboxylic acids is 4. The van der Waals surface area contributed by atoms with Gasteiger partial charge in [-0.25, -0.2) is 9.78 Å². The number of amides is 4. The molecule has 0 spiro atoms. The minimum Gasteiger partial charge on any atom is -0.480 e. The molecule has 0 bridgehead atoms. The van der Waals surface area contributed by atoms with Crippen molar-refractivity contribution in [3.8, 4) is 0 Å². The fourth-order valence-electron chi connectivity index (χ4n) is 2.80. The van der Waals surface area contributed by atoms with Crippen LogP contribution in [0.2, 0.25) is 0 Å². The molecule has 0 aliphatic rings. The van der Waals surface area contributed by atoms with Crippen molar-refractivity contribution in [2.24, 2.45) is 17.4 Å². The lowest BCUT2D eigenvalue weighted by molar-refractivity contribution is -0.143. The number of nitrogens with two attached hydrogens (primary N) is 2. The van der Waals surface area contributed by atoms with Crippen molar-refractivity contribution in [3.05, 3.63) is 18.2 Å². The van der Waals surface area contributed by atoms with E-state index in [1.54, 1.807) is 0 Å². The Morgan fingerprint density at radius 1 is 1.03 bits per heavy atom. The molecule has 0 fully saturated rings. The van der Waals surface area contributed by atoms with Crippen molar-refractivity contribution in [1.82, 2.24) is 25.9 Å².